The van der Waals surface area contributed by atoms with Crippen molar-refractivity contribution in [2.24, 2.45) is 0 Å². The van der Waals surface area contributed by atoms with Crippen molar-refractivity contribution in [1.82, 2.24) is 20.3 Å². The van der Waals surface area contributed by atoms with Gasteiger partial charge in [-0.25, -0.2) is 0 Å². The molecule has 2 N–H and O–H groups in total. The van der Waals surface area contributed by atoms with Crippen molar-refractivity contribution >= 4 is 28.2 Å². The summed E-state index contributed by atoms with van der Waals surface area (Å²) in [5.74, 6) is 1.60. The largest absolute Gasteiger partial charge is 0.374 e. The summed E-state index contributed by atoms with van der Waals surface area (Å²) in [6.07, 6.45) is 0. The fraction of sp³-hybridized carbons (Fsp3) is 0.556. The Morgan fingerprint density at radius 2 is 2.06 bits per heavy atom. The summed E-state index contributed by atoms with van der Waals surface area (Å²) in [6, 6.07) is 0. The average Bonchev–Trinajstić information content (AvgIpc) is 2.86. The monoisotopic (exact) mass is 271 g/mol. The first-order valence-electron chi connectivity index (χ1n) is 5.15. The van der Waals surface area contributed by atoms with Gasteiger partial charge >= 0.3 is 0 Å². The molecule has 0 aliphatic heterocycles. The van der Waals surface area contributed by atoms with Crippen LogP contribution in [0.1, 0.15) is 43.7 Å². The summed E-state index contributed by atoms with van der Waals surface area (Å²) in [5, 5.41) is 12.1. The minimum absolute atomic E-state index is 0.0438. The molecule has 0 fully saturated rings. The molecule has 0 saturated carbocycles. The highest BCUT2D eigenvalue weighted by Crippen LogP contribution is 2.36. The number of nitrogen functional groups attached to an aromatic ring is 1. The second-order valence-corrected chi connectivity index (χ2v) is 6.41. The molecule has 92 valence electrons. The molecule has 2 rings (SSSR count). The van der Waals surface area contributed by atoms with Crippen molar-refractivity contribution < 1.29 is 4.52 Å². The van der Waals surface area contributed by atoms with E-state index in [1.54, 1.807) is 0 Å². The Labute approximate surface area is 107 Å². The van der Waals surface area contributed by atoms with Gasteiger partial charge in [-0.2, -0.15) is 4.98 Å². The normalized spacial score (nSPS) is 13.2. The van der Waals surface area contributed by atoms with Gasteiger partial charge in [0, 0.05) is 5.92 Å². The molecule has 0 bridgehead atoms. The topological polar surface area (TPSA) is 90.7 Å². The second-order valence-electron chi connectivity index (χ2n) is 3.81. The number of aromatic nitrogens is 4. The Bertz CT molecular complexity index is 495. The number of thioether (sulfide) groups is 1. The van der Waals surface area contributed by atoms with E-state index in [9.17, 15) is 0 Å². The van der Waals surface area contributed by atoms with Gasteiger partial charge in [-0.15, -0.1) is 10.2 Å². The van der Waals surface area contributed by atoms with E-state index in [0.717, 1.165) is 10.2 Å². The number of anilines is 1. The van der Waals surface area contributed by atoms with Gasteiger partial charge in [-0.1, -0.05) is 42.1 Å². The van der Waals surface area contributed by atoms with Gasteiger partial charge in [0.15, 0.2) is 10.2 Å². The number of nitrogens with two attached hydrogens (primary N) is 1. The first-order valence-corrected chi connectivity index (χ1v) is 6.85. The van der Waals surface area contributed by atoms with Gasteiger partial charge < -0.3 is 10.3 Å². The zero-order valence-corrected chi connectivity index (χ0v) is 11.4. The number of rotatable bonds is 4. The van der Waals surface area contributed by atoms with E-state index in [1.807, 2.05) is 20.8 Å². The summed E-state index contributed by atoms with van der Waals surface area (Å²) in [7, 11) is 0. The maximum absolute atomic E-state index is 5.52. The summed E-state index contributed by atoms with van der Waals surface area (Å²) in [6.45, 7) is 6.04. The molecule has 0 saturated heterocycles. The number of hydrogen-bond acceptors (Lipinski definition) is 8. The number of hydrogen-bond donors (Lipinski definition) is 1. The molecular weight excluding hydrogens is 258 g/mol. The van der Waals surface area contributed by atoms with Gasteiger partial charge in [-0.3, -0.25) is 0 Å². The fourth-order valence-corrected chi connectivity index (χ4v) is 2.93. The molecule has 0 amide bonds. The summed E-state index contributed by atoms with van der Waals surface area (Å²) in [4.78, 5) is 4.34. The molecule has 17 heavy (non-hydrogen) atoms. The molecule has 0 aliphatic carbocycles. The molecule has 0 unspecified atom stereocenters. The maximum atomic E-state index is 5.52. The van der Waals surface area contributed by atoms with E-state index in [0.29, 0.717) is 11.0 Å². The van der Waals surface area contributed by atoms with E-state index in [-0.39, 0.29) is 11.2 Å². The van der Waals surface area contributed by atoms with E-state index >= 15 is 0 Å². The first kappa shape index (κ1) is 12.3. The Morgan fingerprint density at radius 1 is 1.29 bits per heavy atom. The lowest BCUT2D eigenvalue weighted by Gasteiger charge is -2.01. The predicted octanol–water partition coefficient (Wildman–Crippen LogP) is 2.48. The van der Waals surface area contributed by atoms with Crippen LogP contribution in [0, 0.1) is 0 Å². The van der Waals surface area contributed by atoms with Gasteiger partial charge in [-0.05, 0) is 6.92 Å². The van der Waals surface area contributed by atoms with E-state index in [2.05, 4.69) is 20.3 Å². The molecule has 0 aliphatic rings. The molecule has 2 aromatic heterocycles. The van der Waals surface area contributed by atoms with Gasteiger partial charge in [0.1, 0.15) is 0 Å². The van der Waals surface area contributed by atoms with E-state index in [1.165, 1.54) is 23.1 Å². The third kappa shape index (κ3) is 2.95. The summed E-state index contributed by atoms with van der Waals surface area (Å²) in [5.41, 5.74) is 5.52. The van der Waals surface area contributed by atoms with Crippen LogP contribution in [0.3, 0.4) is 0 Å². The van der Waals surface area contributed by atoms with Crippen LogP contribution in [-0.4, -0.2) is 20.3 Å². The maximum Gasteiger partial charge on any atom is 0.239 e. The molecule has 0 radical (unpaired) electrons. The highest BCUT2D eigenvalue weighted by atomic mass is 32.2. The highest BCUT2D eigenvalue weighted by Gasteiger charge is 2.18. The van der Waals surface area contributed by atoms with Crippen LogP contribution >= 0.6 is 23.1 Å². The third-order valence-corrected chi connectivity index (χ3v) is 3.95. The predicted molar refractivity (Wildman–Crippen MR) is 67.0 cm³/mol. The molecule has 6 nitrogen and oxygen atoms in total. The van der Waals surface area contributed by atoms with Gasteiger partial charge in [0.05, 0.1) is 5.25 Å². The van der Waals surface area contributed by atoms with Crippen molar-refractivity contribution in [3.8, 4) is 0 Å². The highest BCUT2D eigenvalue weighted by molar-refractivity contribution is 8.01. The van der Waals surface area contributed by atoms with Crippen molar-refractivity contribution in [2.75, 3.05) is 5.73 Å². The molecule has 8 heteroatoms. The average molecular weight is 271 g/mol. The van der Waals surface area contributed by atoms with Gasteiger partial charge in [0.25, 0.3) is 0 Å². The van der Waals surface area contributed by atoms with Crippen LogP contribution in [0.2, 0.25) is 0 Å². The summed E-state index contributed by atoms with van der Waals surface area (Å²) >= 11 is 2.86. The number of nitrogens with zero attached hydrogens (tertiary/aromatic N) is 4. The van der Waals surface area contributed by atoms with Crippen LogP contribution in [0.5, 0.6) is 0 Å². The molecule has 1 atom stereocenters. The van der Waals surface area contributed by atoms with Crippen LogP contribution in [0.25, 0.3) is 0 Å². The lowest BCUT2D eigenvalue weighted by atomic mass is 10.2. The van der Waals surface area contributed by atoms with Crippen molar-refractivity contribution in [1.29, 1.82) is 0 Å². The van der Waals surface area contributed by atoms with E-state index < -0.39 is 0 Å². The zero-order chi connectivity index (χ0) is 12.4. The van der Waals surface area contributed by atoms with Crippen molar-refractivity contribution in [3.63, 3.8) is 0 Å². The zero-order valence-electron chi connectivity index (χ0n) is 9.75. The molecule has 0 aromatic carbocycles. The Hall–Kier alpha value is -1.15. The van der Waals surface area contributed by atoms with Crippen LogP contribution in [0.15, 0.2) is 8.86 Å². The molecule has 2 aromatic rings. The second kappa shape index (κ2) is 5.01. The van der Waals surface area contributed by atoms with E-state index in [4.69, 9.17) is 10.3 Å². The standard InChI is InChI=1S/C9H13N5OS2/c1-4(2)6-11-7(15-14-6)5(3)16-9-13-12-8(10)17-9/h4-5H,1-3H3,(H2,10,12)/t5-/m0/s1. The molecular formula is C9H13N5OS2. The lowest BCUT2D eigenvalue weighted by Crippen LogP contribution is -1.92. The Morgan fingerprint density at radius 3 is 2.59 bits per heavy atom. The van der Waals surface area contributed by atoms with Crippen LogP contribution < -0.4 is 5.73 Å². The van der Waals surface area contributed by atoms with Crippen molar-refractivity contribution in [2.45, 2.75) is 36.3 Å². The van der Waals surface area contributed by atoms with Crippen LogP contribution in [0.4, 0.5) is 5.13 Å². The smallest absolute Gasteiger partial charge is 0.239 e. The summed E-state index contributed by atoms with van der Waals surface area (Å²) < 4.78 is 6.01. The molecule has 2 heterocycles. The minimum Gasteiger partial charge on any atom is -0.374 e. The molecule has 0 spiro atoms. The van der Waals surface area contributed by atoms with Gasteiger partial charge in [0.2, 0.25) is 11.0 Å². The minimum atomic E-state index is 0.0438. The fourth-order valence-electron chi connectivity index (χ4n) is 1.12. The SMILES string of the molecule is CC(C)c1noc([C@H](C)Sc2nnc(N)s2)n1. The quantitative estimate of drug-likeness (QED) is 0.854. The van der Waals surface area contributed by atoms with Crippen LogP contribution in [-0.2, 0) is 0 Å². The Kier molecular flexibility index (Phi) is 3.63. The third-order valence-electron chi connectivity index (χ3n) is 2.02. The Balaban J connectivity index is 2.06. The first-order chi connectivity index (χ1) is 8.06. The van der Waals surface area contributed by atoms with Crippen molar-refractivity contribution in [3.05, 3.63) is 11.7 Å². The lowest BCUT2D eigenvalue weighted by molar-refractivity contribution is 0.373.